The highest BCUT2D eigenvalue weighted by atomic mass is 16.2. The van der Waals surface area contributed by atoms with Gasteiger partial charge in [0.2, 0.25) is 0 Å². The van der Waals surface area contributed by atoms with Crippen molar-refractivity contribution >= 4 is 11.6 Å². The lowest BCUT2D eigenvalue weighted by molar-refractivity contribution is -0.138. The highest BCUT2D eigenvalue weighted by molar-refractivity contribution is 6.04. The normalized spacial score (nSPS) is 12.5. The van der Waals surface area contributed by atoms with Crippen LogP contribution in [0.3, 0.4) is 0 Å². The lowest BCUT2D eigenvalue weighted by atomic mass is 9.69. The predicted octanol–water partition coefficient (Wildman–Crippen LogP) is 4.95. The van der Waals surface area contributed by atoms with E-state index in [2.05, 4.69) is 41.5 Å². The Kier molecular flexibility index (Phi) is 7.54. The van der Waals surface area contributed by atoms with Gasteiger partial charge in [0, 0.05) is 10.8 Å². The van der Waals surface area contributed by atoms with E-state index in [4.69, 9.17) is 0 Å². The summed E-state index contributed by atoms with van der Waals surface area (Å²) < 4.78 is 0. The SMILES string of the molecule is CCC(CC)(CC)C(=O)CC(=O)C(CC)(CC)CC. The van der Waals surface area contributed by atoms with Crippen molar-refractivity contribution in [3.8, 4) is 0 Å². The molecule has 0 heterocycles. The second-order valence-electron chi connectivity index (χ2n) is 5.71. The number of hydrogen-bond acceptors (Lipinski definition) is 2. The molecule has 0 amide bonds. The molecule has 0 fully saturated rings. The highest BCUT2D eigenvalue weighted by Crippen LogP contribution is 2.37. The van der Waals surface area contributed by atoms with Crippen LogP contribution in [0.25, 0.3) is 0 Å². The number of carbonyl (C=O) groups is 2. The Labute approximate surface area is 119 Å². The average molecular weight is 268 g/mol. The summed E-state index contributed by atoms with van der Waals surface area (Å²) in [5, 5.41) is 0. The van der Waals surface area contributed by atoms with Crippen molar-refractivity contribution in [1.82, 2.24) is 0 Å². The summed E-state index contributed by atoms with van der Waals surface area (Å²) in [5.41, 5.74) is -0.562. The molecule has 0 radical (unpaired) electrons. The maximum Gasteiger partial charge on any atom is 0.146 e. The number of hydrogen-bond donors (Lipinski definition) is 0. The molecular formula is C17H32O2. The van der Waals surface area contributed by atoms with Crippen molar-refractivity contribution in [3.05, 3.63) is 0 Å². The summed E-state index contributed by atoms with van der Waals surface area (Å²) in [6, 6.07) is 0. The molecule has 0 N–H and O–H groups in total. The summed E-state index contributed by atoms with van der Waals surface area (Å²) in [5.74, 6) is 0.314. The first-order valence-corrected chi connectivity index (χ1v) is 7.98. The summed E-state index contributed by atoms with van der Waals surface area (Å²) >= 11 is 0. The van der Waals surface area contributed by atoms with Gasteiger partial charge in [0.15, 0.2) is 0 Å². The molecule has 0 bridgehead atoms. The summed E-state index contributed by atoms with van der Waals surface area (Å²) in [7, 11) is 0. The Morgan fingerprint density at radius 1 is 0.579 bits per heavy atom. The van der Waals surface area contributed by atoms with Gasteiger partial charge in [-0.1, -0.05) is 41.5 Å². The van der Waals surface area contributed by atoms with Crippen LogP contribution in [-0.2, 0) is 9.59 Å². The summed E-state index contributed by atoms with van der Waals surface area (Å²) in [6.45, 7) is 12.3. The van der Waals surface area contributed by atoms with Crippen LogP contribution in [0.2, 0.25) is 0 Å². The fourth-order valence-electron chi connectivity index (χ4n) is 3.20. The minimum Gasteiger partial charge on any atom is -0.299 e. The van der Waals surface area contributed by atoms with Gasteiger partial charge in [0.05, 0.1) is 6.42 Å². The Bertz CT molecular complexity index is 250. The van der Waals surface area contributed by atoms with E-state index >= 15 is 0 Å². The standard InChI is InChI=1S/C17H32O2/c1-7-16(8-2,9-3)14(18)13-15(19)17(10-4,11-5)12-6/h7-13H2,1-6H3. The van der Waals surface area contributed by atoms with Gasteiger partial charge in [0.1, 0.15) is 11.6 Å². The van der Waals surface area contributed by atoms with Crippen LogP contribution in [0.15, 0.2) is 0 Å². The van der Waals surface area contributed by atoms with E-state index < -0.39 is 0 Å². The minimum atomic E-state index is -0.281. The number of Topliss-reactive ketones (excluding diaryl/α,β-unsaturated/α-hetero) is 2. The van der Waals surface area contributed by atoms with E-state index in [9.17, 15) is 9.59 Å². The van der Waals surface area contributed by atoms with E-state index in [0.717, 1.165) is 38.5 Å². The van der Waals surface area contributed by atoms with Crippen LogP contribution in [0.4, 0.5) is 0 Å². The second-order valence-corrected chi connectivity index (χ2v) is 5.71. The van der Waals surface area contributed by atoms with Crippen LogP contribution in [0.1, 0.15) is 86.5 Å². The molecule has 2 heteroatoms. The third-order valence-corrected chi connectivity index (χ3v) is 5.56. The van der Waals surface area contributed by atoms with Gasteiger partial charge >= 0.3 is 0 Å². The molecule has 0 aliphatic rings. The van der Waals surface area contributed by atoms with Crippen LogP contribution in [0, 0.1) is 10.8 Å². The quantitative estimate of drug-likeness (QED) is 0.525. The Morgan fingerprint density at radius 2 is 0.789 bits per heavy atom. The van der Waals surface area contributed by atoms with E-state index in [1.165, 1.54) is 0 Å². The molecule has 0 saturated carbocycles. The molecule has 0 spiro atoms. The number of carbonyl (C=O) groups excluding carboxylic acids is 2. The van der Waals surface area contributed by atoms with Crippen LogP contribution < -0.4 is 0 Å². The predicted molar refractivity (Wildman–Crippen MR) is 81.2 cm³/mol. The Balaban J connectivity index is 5.04. The van der Waals surface area contributed by atoms with Crippen LogP contribution >= 0.6 is 0 Å². The van der Waals surface area contributed by atoms with Crippen molar-refractivity contribution < 1.29 is 9.59 Å². The monoisotopic (exact) mass is 268 g/mol. The molecule has 0 aromatic heterocycles. The molecule has 0 aromatic carbocycles. The zero-order chi connectivity index (χ0) is 15.1. The molecular weight excluding hydrogens is 236 g/mol. The van der Waals surface area contributed by atoms with E-state index in [1.54, 1.807) is 0 Å². The van der Waals surface area contributed by atoms with Crippen molar-refractivity contribution in [2.75, 3.05) is 0 Å². The van der Waals surface area contributed by atoms with Gasteiger partial charge in [-0.25, -0.2) is 0 Å². The minimum absolute atomic E-state index is 0.130. The van der Waals surface area contributed by atoms with Gasteiger partial charge < -0.3 is 0 Å². The molecule has 0 saturated heterocycles. The zero-order valence-corrected chi connectivity index (χ0v) is 13.8. The molecule has 112 valence electrons. The fraction of sp³-hybridized carbons (Fsp3) is 0.882. The molecule has 0 unspecified atom stereocenters. The van der Waals surface area contributed by atoms with Gasteiger partial charge in [-0.15, -0.1) is 0 Å². The largest absolute Gasteiger partial charge is 0.299 e. The Morgan fingerprint density at radius 3 is 0.947 bits per heavy atom. The van der Waals surface area contributed by atoms with Crippen LogP contribution in [-0.4, -0.2) is 11.6 Å². The molecule has 0 aliphatic carbocycles. The van der Waals surface area contributed by atoms with Crippen LogP contribution in [0.5, 0.6) is 0 Å². The van der Waals surface area contributed by atoms with E-state index in [1.807, 2.05) is 0 Å². The molecule has 0 rings (SSSR count). The van der Waals surface area contributed by atoms with E-state index in [-0.39, 0.29) is 28.8 Å². The lowest BCUT2D eigenvalue weighted by Crippen LogP contribution is -2.36. The number of ketones is 2. The Hall–Kier alpha value is -0.660. The van der Waals surface area contributed by atoms with Gasteiger partial charge in [-0.3, -0.25) is 9.59 Å². The summed E-state index contributed by atoms with van der Waals surface area (Å²) in [6.07, 6.45) is 5.15. The van der Waals surface area contributed by atoms with Gasteiger partial charge in [-0.05, 0) is 38.5 Å². The maximum absolute atomic E-state index is 12.5. The average Bonchev–Trinajstić information content (AvgIpc) is 2.44. The smallest absolute Gasteiger partial charge is 0.146 e. The van der Waals surface area contributed by atoms with Crippen molar-refractivity contribution in [2.45, 2.75) is 86.5 Å². The summed E-state index contributed by atoms with van der Waals surface area (Å²) in [4.78, 5) is 25.1. The molecule has 0 atom stereocenters. The van der Waals surface area contributed by atoms with Gasteiger partial charge in [0.25, 0.3) is 0 Å². The van der Waals surface area contributed by atoms with Gasteiger partial charge in [-0.2, -0.15) is 0 Å². The van der Waals surface area contributed by atoms with Crippen molar-refractivity contribution in [2.24, 2.45) is 10.8 Å². The topological polar surface area (TPSA) is 34.1 Å². The third kappa shape index (κ3) is 3.67. The second kappa shape index (κ2) is 7.81. The molecule has 19 heavy (non-hydrogen) atoms. The first kappa shape index (κ1) is 18.3. The molecule has 2 nitrogen and oxygen atoms in total. The van der Waals surface area contributed by atoms with E-state index in [0.29, 0.717) is 0 Å². The first-order valence-electron chi connectivity index (χ1n) is 7.98. The highest BCUT2D eigenvalue weighted by Gasteiger charge is 2.39. The number of rotatable bonds is 10. The third-order valence-electron chi connectivity index (χ3n) is 5.56. The first-order chi connectivity index (χ1) is 8.91. The van der Waals surface area contributed by atoms with Crippen molar-refractivity contribution in [1.29, 1.82) is 0 Å². The zero-order valence-electron chi connectivity index (χ0n) is 13.8. The fourth-order valence-corrected chi connectivity index (χ4v) is 3.20. The lowest BCUT2D eigenvalue weighted by Gasteiger charge is -2.32. The molecule has 0 aromatic rings. The van der Waals surface area contributed by atoms with Crippen molar-refractivity contribution in [3.63, 3.8) is 0 Å². The molecule has 0 aliphatic heterocycles. The maximum atomic E-state index is 12.5.